The van der Waals surface area contributed by atoms with Gasteiger partial charge in [-0.3, -0.25) is 4.79 Å². The number of amides is 1. The van der Waals surface area contributed by atoms with Crippen LogP contribution in [0, 0.1) is 0 Å². The first-order chi connectivity index (χ1) is 10.1. The van der Waals surface area contributed by atoms with E-state index in [1.54, 1.807) is 24.4 Å². The number of nitrogen functional groups attached to an aromatic ring is 1. The van der Waals surface area contributed by atoms with E-state index >= 15 is 0 Å². The van der Waals surface area contributed by atoms with Crippen LogP contribution >= 0.6 is 0 Å². The number of furan rings is 1. The molecule has 0 saturated heterocycles. The second-order valence-corrected chi connectivity index (χ2v) is 4.46. The summed E-state index contributed by atoms with van der Waals surface area (Å²) in [6.45, 7) is 6.05. The Morgan fingerprint density at radius 3 is 2.95 bits per heavy atom. The van der Waals surface area contributed by atoms with Crippen LogP contribution in [-0.2, 0) is 11.3 Å². The molecule has 0 bridgehead atoms. The minimum absolute atomic E-state index is 0.212. The number of carbonyl (C=O) groups is 1. The van der Waals surface area contributed by atoms with Crippen LogP contribution in [0.4, 0.5) is 5.82 Å². The molecular weight excluding hydrogens is 266 g/mol. The van der Waals surface area contributed by atoms with Crippen molar-refractivity contribution in [3.63, 3.8) is 0 Å². The zero-order chi connectivity index (χ0) is 15.2. The Morgan fingerprint density at radius 1 is 1.52 bits per heavy atom. The number of carbonyl (C=O) groups excluding carboxylic acids is 1. The summed E-state index contributed by atoms with van der Waals surface area (Å²) >= 11 is 0. The number of pyridine rings is 1. The molecular formula is C16H17N3O2. The van der Waals surface area contributed by atoms with Crippen molar-refractivity contribution in [3.05, 3.63) is 52.4 Å². The average Bonchev–Trinajstić information content (AvgIpc) is 2.85. The average molecular weight is 283 g/mol. The fourth-order valence-corrected chi connectivity index (χ4v) is 1.75. The number of anilines is 1. The molecule has 0 radical (unpaired) electrons. The molecule has 0 spiro atoms. The Labute approximate surface area is 122 Å². The third kappa shape index (κ3) is 4.07. The largest absolute Gasteiger partial charge is 0.460 e. The van der Waals surface area contributed by atoms with Crippen LogP contribution in [0.5, 0.6) is 0 Å². The molecule has 3 N–H and O–H groups in total. The van der Waals surface area contributed by atoms with Gasteiger partial charge in [-0.2, -0.15) is 0 Å². The van der Waals surface area contributed by atoms with E-state index in [0.717, 1.165) is 16.2 Å². The molecule has 108 valence electrons. The van der Waals surface area contributed by atoms with E-state index in [1.165, 1.54) is 6.08 Å². The summed E-state index contributed by atoms with van der Waals surface area (Å²) in [4.78, 5) is 15.7. The van der Waals surface area contributed by atoms with E-state index in [9.17, 15) is 4.79 Å². The molecule has 0 aliphatic carbocycles. The van der Waals surface area contributed by atoms with Crippen LogP contribution in [0.25, 0.3) is 18.7 Å². The van der Waals surface area contributed by atoms with Crippen molar-refractivity contribution in [2.45, 2.75) is 13.5 Å². The summed E-state index contributed by atoms with van der Waals surface area (Å²) < 4.78 is 5.51. The van der Waals surface area contributed by atoms with Crippen LogP contribution < -0.4 is 21.7 Å². The fraction of sp³-hybridized carbons (Fsp3) is 0.125. The minimum atomic E-state index is -0.212. The summed E-state index contributed by atoms with van der Waals surface area (Å²) in [5.74, 6) is 0.904. The number of rotatable bonds is 4. The smallest absolute Gasteiger partial charge is 0.244 e. The molecule has 5 nitrogen and oxygen atoms in total. The molecule has 2 aromatic heterocycles. The van der Waals surface area contributed by atoms with Gasteiger partial charge < -0.3 is 15.5 Å². The van der Waals surface area contributed by atoms with Gasteiger partial charge in [0.05, 0.1) is 6.54 Å². The zero-order valence-electron chi connectivity index (χ0n) is 11.8. The minimum Gasteiger partial charge on any atom is -0.460 e. The van der Waals surface area contributed by atoms with Gasteiger partial charge in [-0.1, -0.05) is 6.58 Å². The Hall–Kier alpha value is -2.82. The monoisotopic (exact) mass is 283 g/mol. The van der Waals surface area contributed by atoms with Crippen molar-refractivity contribution < 1.29 is 9.21 Å². The predicted octanol–water partition coefficient (Wildman–Crippen LogP) is 0.797. The molecule has 0 unspecified atom stereocenters. The summed E-state index contributed by atoms with van der Waals surface area (Å²) in [6.07, 6.45) is 6.54. The standard InChI is InChI=1S/C16H17N3O2/c1-3-14-11(2)8-13(21-14)10-19-16(20)7-5-12-4-6-15(17)18-9-12/h3-9H,2,10H2,1H3,(H2,17,18)(H,19,20)/b7-5+,14-3+. The maximum absolute atomic E-state index is 11.7. The summed E-state index contributed by atoms with van der Waals surface area (Å²) in [6, 6.07) is 5.28. The van der Waals surface area contributed by atoms with E-state index in [4.69, 9.17) is 10.2 Å². The first-order valence-corrected chi connectivity index (χ1v) is 6.50. The van der Waals surface area contributed by atoms with E-state index in [0.29, 0.717) is 18.1 Å². The Bertz CT molecular complexity index is 758. The summed E-state index contributed by atoms with van der Waals surface area (Å²) in [5.41, 5.74) is 7.02. The first-order valence-electron chi connectivity index (χ1n) is 6.50. The molecule has 0 aromatic carbocycles. The SMILES string of the molecule is C=c1cc(CNC(=O)/C=C/c2ccc(N)nc2)o/c1=C/C. The van der Waals surface area contributed by atoms with Crippen molar-refractivity contribution in [1.82, 2.24) is 10.3 Å². The van der Waals surface area contributed by atoms with Gasteiger partial charge >= 0.3 is 0 Å². The van der Waals surface area contributed by atoms with E-state index in [1.807, 2.05) is 19.1 Å². The van der Waals surface area contributed by atoms with Crippen molar-refractivity contribution in [2.75, 3.05) is 5.73 Å². The molecule has 21 heavy (non-hydrogen) atoms. The van der Waals surface area contributed by atoms with Crippen LogP contribution in [0.1, 0.15) is 18.2 Å². The van der Waals surface area contributed by atoms with Crippen LogP contribution in [0.3, 0.4) is 0 Å². The lowest BCUT2D eigenvalue weighted by Crippen LogP contribution is -2.19. The van der Waals surface area contributed by atoms with Gasteiger partial charge in [0, 0.05) is 17.5 Å². The number of hydrogen-bond acceptors (Lipinski definition) is 4. The molecule has 0 saturated carbocycles. The highest BCUT2D eigenvalue weighted by molar-refractivity contribution is 5.91. The fourth-order valence-electron chi connectivity index (χ4n) is 1.75. The first kappa shape index (κ1) is 14.6. The molecule has 0 atom stereocenters. The quantitative estimate of drug-likeness (QED) is 0.813. The van der Waals surface area contributed by atoms with Gasteiger partial charge in [0.2, 0.25) is 5.91 Å². The van der Waals surface area contributed by atoms with Gasteiger partial charge in [-0.15, -0.1) is 0 Å². The number of aromatic nitrogens is 1. The number of nitrogens with zero attached hydrogens (tertiary/aromatic N) is 1. The van der Waals surface area contributed by atoms with Gasteiger partial charge in [0.25, 0.3) is 0 Å². The highest BCUT2D eigenvalue weighted by atomic mass is 16.3. The number of hydrogen-bond donors (Lipinski definition) is 2. The molecule has 0 aliphatic rings. The van der Waals surface area contributed by atoms with Crippen LogP contribution in [0.15, 0.2) is 34.9 Å². The number of nitrogens with two attached hydrogens (primary N) is 1. The maximum atomic E-state index is 11.7. The molecule has 1 amide bonds. The molecule has 5 heteroatoms. The van der Waals surface area contributed by atoms with Crippen molar-refractivity contribution in [1.29, 1.82) is 0 Å². The maximum Gasteiger partial charge on any atom is 0.244 e. The zero-order valence-corrected chi connectivity index (χ0v) is 11.8. The van der Waals surface area contributed by atoms with Crippen LogP contribution in [0.2, 0.25) is 0 Å². The van der Waals surface area contributed by atoms with Gasteiger partial charge in [-0.25, -0.2) is 4.98 Å². The molecule has 2 aromatic rings. The van der Waals surface area contributed by atoms with Crippen LogP contribution in [-0.4, -0.2) is 10.9 Å². The van der Waals surface area contributed by atoms with Crippen molar-refractivity contribution in [2.24, 2.45) is 0 Å². The highest BCUT2D eigenvalue weighted by Crippen LogP contribution is 2.03. The molecule has 2 heterocycles. The number of nitrogens with one attached hydrogen (secondary N) is 1. The second kappa shape index (κ2) is 6.56. The summed E-state index contributed by atoms with van der Waals surface area (Å²) in [5, 5.41) is 3.55. The Kier molecular flexibility index (Phi) is 4.56. The molecule has 0 aliphatic heterocycles. The van der Waals surface area contributed by atoms with Crippen molar-refractivity contribution >= 4 is 30.5 Å². The molecule has 0 fully saturated rings. The summed E-state index contributed by atoms with van der Waals surface area (Å²) in [7, 11) is 0. The van der Waals surface area contributed by atoms with E-state index in [2.05, 4.69) is 16.9 Å². The van der Waals surface area contributed by atoms with E-state index < -0.39 is 0 Å². The predicted molar refractivity (Wildman–Crippen MR) is 83.1 cm³/mol. The molecule has 2 rings (SSSR count). The third-order valence-electron chi connectivity index (χ3n) is 2.83. The van der Waals surface area contributed by atoms with Gasteiger partial charge in [-0.05, 0) is 42.8 Å². The highest BCUT2D eigenvalue weighted by Gasteiger charge is 2.01. The van der Waals surface area contributed by atoms with Crippen molar-refractivity contribution in [3.8, 4) is 0 Å². The Balaban J connectivity index is 1.92. The Morgan fingerprint density at radius 2 is 2.33 bits per heavy atom. The van der Waals surface area contributed by atoms with E-state index in [-0.39, 0.29) is 5.91 Å². The normalized spacial score (nSPS) is 12.0. The lowest BCUT2D eigenvalue weighted by molar-refractivity contribution is -0.116. The lowest BCUT2D eigenvalue weighted by Gasteiger charge is -1.98. The third-order valence-corrected chi connectivity index (χ3v) is 2.83. The lowest BCUT2D eigenvalue weighted by atomic mass is 10.2. The topological polar surface area (TPSA) is 81.2 Å². The van der Waals surface area contributed by atoms with Gasteiger partial charge in [0.15, 0.2) is 0 Å². The second-order valence-electron chi connectivity index (χ2n) is 4.46. The van der Waals surface area contributed by atoms with Gasteiger partial charge in [0.1, 0.15) is 17.0 Å².